The zero-order chi connectivity index (χ0) is 22.6. The molecule has 0 saturated carbocycles. The summed E-state index contributed by atoms with van der Waals surface area (Å²) in [5, 5.41) is 8.59. The van der Waals surface area contributed by atoms with Gasteiger partial charge in [-0.3, -0.25) is 14.9 Å². The molecule has 0 unspecified atom stereocenters. The van der Waals surface area contributed by atoms with Crippen LogP contribution in [-0.2, 0) is 4.74 Å². The number of hydrogen-bond acceptors (Lipinski definition) is 5. The van der Waals surface area contributed by atoms with Crippen molar-refractivity contribution in [2.75, 3.05) is 32.2 Å². The molecular weight excluding hydrogens is 482 g/mol. The Morgan fingerprint density at radius 2 is 1.81 bits per heavy atom. The highest BCUT2D eigenvalue weighted by molar-refractivity contribution is 9.10. The summed E-state index contributed by atoms with van der Waals surface area (Å²) in [6, 6.07) is 12.0. The fraction of sp³-hybridized carbons (Fsp3) is 0.318. The number of benzene rings is 2. The molecule has 2 rings (SSSR count). The molecule has 0 heterocycles. The Morgan fingerprint density at radius 1 is 1.06 bits per heavy atom. The van der Waals surface area contributed by atoms with Gasteiger partial charge in [0.1, 0.15) is 12.4 Å². The van der Waals surface area contributed by atoms with Crippen LogP contribution in [0.5, 0.6) is 5.75 Å². The summed E-state index contributed by atoms with van der Waals surface area (Å²) in [6.45, 7) is 3.45. The monoisotopic (exact) mass is 507 g/mol. The molecule has 0 atom stereocenters. The summed E-state index contributed by atoms with van der Waals surface area (Å²) in [7, 11) is 1.58. The average Bonchev–Trinajstić information content (AvgIpc) is 2.75. The number of thiocarbonyl (C=S) groups is 1. The molecule has 9 heteroatoms. The fourth-order valence-corrected chi connectivity index (χ4v) is 3.13. The van der Waals surface area contributed by atoms with Crippen molar-refractivity contribution in [3.8, 4) is 5.75 Å². The van der Waals surface area contributed by atoms with E-state index in [-0.39, 0.29) is 11.0 Å². The highest BCUT2D eigenvalue weighted by atomic mass is 79.9. The number of anilines is 1. The molecule has 0 aliphatic carbocycles. The first kappa shape index (κ1) is 24.8. The second-order valence-electron chi connectivity index (χ2n) is 6.58. The molecule has 0 spiro atoms. The van der Waals surface area contributed by atoms with E-state index in [1.54, 1.807) is 49.6 Å². The normalized spacial score (nSPS) is 10.3. The van der Waals surface area contributed by atoms with E-state index < -0.39 is 5.91 Å². The molecule has 0 fully saturated rings. The van der Waals surface area contributed by atoms with Crippen molar-refractivity contribution in [2.45, 2.75) is 19.8 Å². The zero-order valence-electron chi connectivity index (χ0n) is 17.5. The number of nitrogens with one attached hydrogen (secondary N) is 3. The maximum absolute atomic E-state index is 12.7. The third-order valence-electron chi connectivity index (χ3n) is 4.18. The minimum Gasteiger partial charge on any atom is -0.490 e. The lowest BCUT2D eigenvalue weighted by molar-refractivity contribution is 0.0949. The molecule has 0 aliphatic rings. The van der Waals surface area contributed by atoms with E-state index in [9.17, 15) is 9.59 Å². The lowest BCUT2D eigenvalue weighted by Crippen LogP contribution is -2.34. The van der Waals surface area contributed by atoms with E-state index in [0.29, 0.717) is 42.3 Å². The van der Waals surface area contributed by atoms with Gasteiger partial charge in [-0.1, -0.05) is 29.3 Å². The number of unbranched alkanes of at least 4 members (excludes halogenated alkanes) is 1. The van der Waals surface area contributed by atoms with E-state index >= 15 is 0 Å². The fourth-order valence-electron chi connectivity index (χ4n) is 2.56. The highest BCUT2D eigenvalue weighted by Crippen LogP contribution is 2.23. The number of carbonyl (C=O) groups excluding carboxylic acids is 2. The Labute approximate surface area is 196 Å². The van der Waals surface area contributed by atoms with Crippen LogP contribution in [0.3, 0.4) is 0 Å². The van der Waals surface area contributed by atoms with Crippen LogP contribution in [0.4, 0.5) is 5.69 Å². The molecule has 2 amide bonds. The van der Waals surface area contributed by atoms with E-state index in [0.717, 1.165) is 17.3 Å². The van der Waals surface area contributed by atoms with Crippen molar-refractivity contribution in [3.05, 3.63) is 58.1 Å². The summed E-state index contributed by atoms with van der Waals surface area (Å²) < 4.78 is 11.3. The number of hydrogen-bond donors (Lipinski definition) is 3. The van der Waals surface area contributed by atoms with Crippen LogP contribution in [0.2, 0.25) is 0 Å². The van der Waals surface area contributed by atoms with Gasteiger partial charge in [0.05, 0.1) is 12.2 Å². The van der Waals surface area contributed by atoms with Crippen LogP contribution in [-0.4, -0.2) is 43.8 Å². The van der Waals surface area contributed by atoms with Gasteiger partial charge in [0.15, 0.2) is 5.11 Å². The molecule has 0 saturated heterocycles. The second-order valence-corrected chi connectivity index (χ2v) is 7.90. The predicted octanol–water partition coefficient (Wildman–Crippen LogP) is 4.13. The molecule has 7 nitrogen and oxygen atoms in total. The van der Waals surface area contributed by atoms with Gasteiger partial charge in [-0.05, 0) is 61.1 Å². The summed E-state index contributed by atoms with van der Waals surface area (Å²) in [5.41, 5.74) is 1.55. The van der Waals surface area contributed by atoms with Gasteiger partial charge in [-0.15, -0.1) is 0 Å². The summed E-state index contributed by atoms with van der Waals surface area (Å²) >= 11 is 8.62. The lowest BCUT2D eigenvalue weighted by Gasteiger charge is -2.13. The number of methoxy groups -OCH3 is 1. The molecule has 0 aromatic heterocycles. The van der Waals surface area contributed by atoms with Crippen molar-refractivity contribution in [3.63, 3.8) is 0 Å². The van der Waals surface area contributed by atoms with Gasteiger partial charge < -0.3 is 20.1 Å². The maximum atomic E-state index is 12.7. The van der Waals surface area contributed by atoms with Crippen molar-refractivity contribution >= 4 is 50.8 Å². The van der Waals surface area contributed by atoms with E-state index in [2.05, 4.69) is 38.8 Å². The van der Waals surface area contributed by atoms with Gasteiger partial charge in [0, 0.05) is 29.4 Å². The van der Waals surface area contributed by atoms with Crippen LogP contribution in [0, 0.1) is 0 Å². The largest absolute Gasteiger partial charge is 0.490 e. The van der Waals surface area contributed by atoms with Crippen LogP contribution in [0.15, 0.2) is 46.9 Å². The van der Waals surface area contributed by atoms with Crippen molar-refractivity contribution in [1.82, 2.24) is 10.6 Å². The molecule has 31 heavy (non-hydrogen) atoms. The van der Waals surface area contributed by atoms with Gasteiger partial charge in [0.2, 0.25) is 0 Å². The van der Waals surface area contributed by atoms with Crippen molar-refractivity contribution in [2.24, 2.45) is 0 Å². The van der Waals surface area contributed by atoms with Crippen LogP contribution in [0.1, 0.15) is 40.5 Å². The first-order valence-electron chi connectivity index (χ1n) is 9.86. The Balaban J connectivity index is 1.96. The van der Waals surface area contributed by atoms with E-state index in [1.165, 1.54) is 0 Å². The number of amides is 2. The number of halogens is 1. The minimum absolute atomic E-state index is 0.119. The number of rotatable bonds is 10. The summed E-state index contributed by atoms with van der Waals surface area (Å²) in [5.74, 6) is -0.0938. The van der Waals surface area contributed by atoms with Gasteiger partial charge in [-0.25, -0.2) is 0 Å². The smallest absolute Gasteiger partial charge is 0.261 e. The van der Waals surface area contributed by atoms with Crippen LogP contribution in [0.25, 0.3) is 0 Å². The zero-order valence-corrected chi connectivity index (χ0v) is 19.9. The minimum atomic E-state index is -0.405. The van der Waals surface area contributed by atoms with Gasteiger partial charge in [0.25, 0.3) is 11.8 Å². The summed E-state index contributed by atoms with van der Waals surface area (Å²) in [6.07, 6.45) is 1.96. The molecule has 2 aromatic rings. The summed E-state index contributed by atoms with van der Waals surface area (Å²) in [4.78, 5) is 24.8. The first-order valence-corrected chi connectivity index (χ1v) is 11.1. The predicted molar refractivity (Wildman–Crippen MR) is 129 cm³/mol. The Kier molecular flexibility index (Phi) is 10.4. The third-order valence-corrected chi connectivity index (χ3v) is 4.88. The molecule has 0 radical (unpaired) electrons. The van der Waals surface area contributed by atoms with E-state index in [1.807, 2.05) is 0 Å². The Hall–Kier alpha value is -2.49. The SMILES string of the molecule is CCCCNC(=O)c1ccc(NC(=S)NC(=O)c2cc(Br)ccc2OCCOC)cc1. The second kappa shape index (κ2) is 13.0. The van der Waals surface area contributed by atoms with Gasteiger partial charge in [-0.2, -0.15) is 0 Å². The molecule has 3 N–H and O–H groups in total. The average molecular weight is 508 g/mol. The lowest BCUT2D eigenvalue weighted by atomic mass is 10.2. The number of carbonyl (C=O) groups is 2. The van der Waals surface area contributed by atoms with Gasteiger partial charge >= 0.3 is 0 Å². The molecule has 166 valence electrons. The van der Waals surface area contributed by atoms with Crippen molar-refractivity contribution < 1.29 is 19.1 Å². The number of ether oxygens (including phenoxy) is 2. The first-order chi connectivity index (χ1) is 14.9. The van der Waals surface area contributed by atoms with E-state index in [4.69, 9.17) is 21.7 Å². The highest BCUT2D eigenvalue weighted by Gasteiger charge is 2.15. The molecule has 0 bridgehead atoms. The molecule has 0 aliphatic heterocycles. The Bertz CT molecular complexity index is 906. The standard InChI is InChI=1S/C22H26BrN3O4S/c1-3-4-11-24-20(27)15-5-8-17(9-6-15)25-22(31)26-21(28)18-14-16(23)7-10-19(18)30-13-12-29-2/h5-10,14H,3-4,11-13H2,1-2H3,(H,24,27)(H2,25,26,28,31). The topological polar surface area (TPSA) is 88.7 Å². The third kappa shape index (κ3) is 8.28. The molecular formula is C22H26BrN3O4S. The quantitative estimate of drug-likeness (QED) is 0.331. The van der Waals surface area contributed by atoms with Crippen molar-refractivity contribution in [1.29, 1.82) is 0 Å². The van der Waals surface area contributed by atoms with Crippen LogP contribution >= 0.6 is 28.1 Å². The molecule has 2 aromatic carbocycles. The Morgan fingerprint density at radius 3 is 2.48 bits per heavy atom. The maximum Gasteiger partial charge on any atom is 0.261 e. The van der Waals surface area contributed by atoms with Crippen LogP contribution < -0.4 is 20.7 Å².